The molecule has 2 rings (SSSR count). The van der Waals surface area contributed by atoms with Gasteiger partial charge in [-0.1, -0.05) is 0 Å². The van der Waals surface area contributed by atoms with Gasteiger partial charge in [0.2, 0.25) is 5.72 Å². The van der Waals surface area contributed by atoms with E-state index in [1.165, 1.54) is 13.2 Å². The van der Waals surface area contributed by atoms with Gasteiger partial charge in [0.15, 0.2) is 0 Å². The van der Waals surface area contributed by atoms with Crippen molar-refractivity contribution in [2.75, 3.05) is 0 Å². The minimum absolute atomic E-state index is 0.0122. The van der Waals surface area contributed by atoms with Crippen molar-refractivity contribution in [2.45, 2.75) is 25.0 Å². The molecule has 0 spiro atoms. The maximum atomic E-state index is 13.0. The molecule has 0 unspecified atom stereocenters. The molecule has 0 saturated heterocycles. The van der Waals surface area contributed by atoms with Gasteiger partial charge in [-0.15, -0.1) is 0 Å². The molecule has 1 amide bonds. The molecule has 11 heteroatoms. The van der Waals surface area contributed by atoms with Gasteiger partial charge in [0, 0.05) is 13.5 Å². The lowest BCUT2D eigenvalue weighted by Gasteiger charge is -2.29. The third-order valence-corrected chi connectivity index (χ3v) is 3.72. The second kappa shape index (κ2) is 5.51. The first-order valence-electron chi connectivity index (χ1n) is 5.56. The number of nitrogens with zero attached hydrogens (tertiary/aromatic N) is 4. The first-order valence-corrected chi connectivity index (χ1v) is 6.64. The van der Waals surface area contributed by atoms with Crippen molar-refractivity contribution in [1.82, 2.24) is 14.8 Å². The summed E-state index contributed by atoms with van der Waals surface area (Å²) in [6, 6.07) is 0. The van der Waals surface area contributed by atoms with E-state index in [0.717, 1.165) is 4.68 Å². The van der Waals surface area contributed by atoms with Gasteiger partial charge in [-0.2, -0.15) is 15.2 Å². The number of aliphatic hydroxyl groups is 1. The van der Waals surface area contributed by atoms with Crippen molar-refractivity contribution in [3.8, 4) is 0 Å². The number of amides is 1. The predicted molar refractivity (Wildman–Crippen MR) is 71.1 cm³/mol. The summed E-state index contributed by atoms with van der Waals surface area (Å²) in [6.07, 6.45) is -6.41. The zero-order chi connectivity index (χ0) is 15.9. The van der Waals surface area contributed by atoms with E-state index in [0.29, 0.717) is 3.57 Å². The lowest BCUT2D eigenvalue weighted by molar-refractivity contribution is -0.164. The van der Waals surface area contributed by atoms with Gasteiger partial charge in [0.05, 0.1) is 9.77 Å². The molecule has 1 aliphatic heterocycles. The number of hydrogen-bond donors (Lipinski definition) is 1. The minimum atomic E-state index is -3.45. The molecular formula is C10H9F4IN4O2. The van der Waals surface area contributed by atoms with Crippen molar-refractivity contribution in [3.63, 3.8) is 0 Å². The summed E-state index contributed by atoms with van der Waals surface area (Å²) in [5, 5.41) is 16.8. The number of rotatable bonds is 3. The fourth-order valence-electron chi connectivity index (χ4n) is 1.86. The van der Waals surface area contributed by atoms with E-state index in [1.807, 2.05) is 0 Å². The first kappa shape index (κ1) is 16.1. The molecule has 1 aromatic rings. The largest absolute Gasteiger partial charge is 0.364 e. The smallest absolute Gasteiger partial charge is 0.296 e. The Morgan fingerprint density at radius 2 is 2.10 bits per heavy atom. The van der Waals surface area contributed by atoms with Gasteiger partial charge in [-0.25, -0.2) is 17.6 Å². The third-order valence-electron chi connectivity index (χ3n) is 2.93. The average molecular weight is 420 g/mol. The van der Waals surface area contributed by atoms with E-state index in [9.17, 15) is 27.5 Å². The number of halogens is 5. The maximum absolute atomic E-state index is 13.0. The molecule has 0 radical (unpaired) electrons. The zero-order valence-corrected chi connectivity index (χ0v) is 12.6. The van der Waals surface area contributed by atoms with Crippen molar-refractivity contribution in [3.05, 3.63) is 15.5 Å². The quantitative estimate of drug-likeness (QED) is 0.595. The van der Waals surface area contributed by atoms with Crippen LogP contribution < -0.4 is 0 Å². The van der Waals surface area contributed by atoms with E-state index in [-0.39, 0.29) is 10.7 Å². The van der Waals surface area contributed by atoms with Crippen LogP contribution in [0.3, 0.4) is 0 Å². The van der Waals surface area contributed by atoms with E-state index in [2.05, 4.69) is 10.2 Å². The number of hydrazone groups is 1. The highest BCUT2D eigenvalue weighted by Gasteiger charge is 2.54. The number of hydrogen-bond acceptors (Lipinski definition) is 4. The number of carbonyl (C=O) groups excluding carboxylic acids is 1. The molecule has 6 nitrogen and oxygen atoms in total. The normalized spacial score (nSPS) is 22.3. The van der Waals surface area contributed by atoms with Crippen LogP contribution in [0.1, 0.15) is 16.9 Å². The predicted octanol–water partition coefficient (Wildman–Crippen LogP) is 1.45. The highest BCUT2D eigenvalue weighted by atomic mass is 127. The van der Waals surface area contributed by atoms with E-state index in [1.54, 1.807) is 22.6 Å². The van der Waals surface area contributed by atoms with Crippen molar-refractivity contribution >= 4 is 34.2 Å². The maximum Gasteiger partial charge on any atom is 0.296 e. The average Bonchev–Trinajstić information content (AvgIpc) is 2.91. The molecule has 2 heterocycles. The van der Waals surface area contributed by atoms with E-state index in [4.69, 9.17) is 0 Å². The lowest BCUT2D eigenvalue weighted by atomic mass is 10.1. The third kappa shape index (κ3) is 2.63. The molecular weight excluding hydrogens is 411 g/mol. The summed E-state index contributed by atoms with van der Waals surface area (Å²) < 4.78 is 52.7. The van der Waals surface area contributed by atoms with Crippen LogP contribution in [0.4, 0.5) is 17.6 Å². The van der Waals surface area contributed by atoms with E-state index >= 15 is 0 Å². The fourth-order valence-corrected chi connectivity index (χ4v) is 2.56. The van der Waals surface area contributed by atoms with Crippen molar-refractivity contribution in [1.29, 1.82) is 0 Å². The minimum Gasteiger partial charge on any atom is -0.364 e. The molecule has 0 aliphatic carbocycles. The number of carbonyl (C=O) groups is 1. The molecule has 0 aromatic carbocycles. The van der Waals surface area contributed by atoms with Gasteiger partial charge in [0.25, 0.3) is 18.8 Å². The lowest BCUT2D eigenvalue weighted by Crippen LogP contribution is -2.52. The molecule has 1 aromatic heterocycles. The van der Waals surface area contributed by atoms with Crippen LogP contribution in [-0.4, -0.2) is 50.1 Å². The SMILES string of the molecule is Cn1ncc(I)c1C(=O)N1N=C(C(F)F)C[C@]1(O)C(F)F. The van der Waals surface area contributed by atoms with Gasteiger partial charge in [-0.3, -0.25) is 9.48 Å². The van der Waals surface area contributed by atoms with Crippen molar-refractivity contribution < 1.29 is 27.5 Å². The summed E-state index contributed by atoms with van der Waals surface area (Å²) >= 11 is 1.73. The Hall–Kier alpha value is -1.24. The van der Waals surface area contributed by atoms with Crippen LogP contribution >= 0.6 is 22.6 Å². The van der Waals surface area contributed by atoms with Crippen LogP contribution in [-0.2, 0) is 7.05 Å². The Labute approximate surface area is 129 Å². The topological polar surface area (TPSA) is 70.7 Å². The summed E-state index contributed by atoms with van der Waals surface area (Å²) in [4.78, 5) is 12.3. The van der Waals surface area contributed by atoms with Gasteiger partial charge >= 0.3 is 0 Å². The Balaban J connectivity index is 2.46. The zero-order valence-electron chi connectivity index (χ0n) is 10.5. The van der Waals surface area contributed by atoms with Crippen LogP contribution in [0, 0.1) is 3.57 Å². The summed E-state index contributed by atoms with van der Waals surface area (Å²) in [6.45, 7) is 0. The highest BCUT2D eigenvalue weighted by molar-refractivity contribution is 14.1. The second-order valence-corrected chi connectivity index (χ2v) is 5.49. The first-order chi connectivity index (χ1) is 9.68. The molecule has 1 atom stereocenters. The van der Waals surface area contributed by atoms with E-state index < -0.39 is 36.6 Å². The second-order valence-electron chi connectivity index (χ2n) is 4.33. The highest BCUT2D eigenvalue weighted by Crippen LogP contribution is 2.34. The Morgan fingerprint density at radius 3 is 2.52 bits per heavy atom. The molecule has 0 fully saturated rings. The van der Waals surface area contributed by atoms with Crippen LogP contribution in [0.25, 0.3) is 0 Å². The monoisotopic (exact) mass is 420 g/mol. The summed E-state index contributed by atoms with van der Waals surface area (Å²) in [7, 11) is 1.38. The number of alkyl halides is 4. The van der Waals surface area contributed by atoms with Gasteiger partial charge in [0.1, 0.15) is 11.4 Å². The molecule has 1 N–H and O–H groups in total. The molecule has 21 heavy (non-hydrogen) atoms. The number of aryl methyl sites for hydroxylation is 1. The number of aromatic nitrogens is 2. The van der Waals surface area contributed by atoms with Crippen LogP contribution in [0.2, 0.25) is 0 Å². The van der Waals surface area contributed by atoms with Crippen molar-refractivity contribution in [2.24, 2.45) is 12.1 Å². The Kier molecular flexibility index (Phi) is 4.24. The molecule has 0 saturated carbocycles. The molecule has 0 bridgehead atoms. The van der Waals surface area contributed by atoms with Crippen LogP contribution in [0.15, 0.2) is 11.3 Å². The Bertz CT molecular complexity index is 586. The molecule has 1 aliphatic rings. The van der Waals surface area contributed by atoms with Gasteiger partial charge < -0.3 is 5.11 Å². The fraction of sp³-hybridized carbons (Fsp3) is 0.500. The van der Waals surface area contributed by atoms with Gasteiger partial charge in [-0.05, 0) is 22.6 Å². The standard InChI is InChI=1S/C10H9F4IN4O2/c1-18-6(4(15)3-16-18)8(20)19-10(21,9(13)14)2-5(17-19)7(11)12/h3,7,9,21H,2H2,1H3/t10-/m0/s1. The Morgan fingerprint density at radius 1 is 1.48 bits per heavy atom. The molecule has 116 valence electrons. The van der Waals surface area contributed by atoms with Crippen LogP contribution in [0.5, 0.6) is 0 Å². The summed E-state index contributed by atoms with van der Waals surface area (Å²) in [5.41, 5.74) is -4.19. The summed E-state index contributed by atoms with van der Waals surface area (Å²) in [5.74, 6) is -1.13.